The molecule has 0 unspecified atom stereocenters. The summed E-state index contributed by atoms with van der Waals surface area (Å²) in [5, 5.41) is 22.6. The number of fused-ring (bicyclic) bond motifs is 2. The lowest BCUT2D eigenvalue weighted by Gasteiger charge is -2.47. The highest BCUT2D eigenvalue weighted by atomic mass is 16.7. The highest BCUT2D eigenvalue weighted by Gasteiger charge is 2.55. The molecule has 1 aromatic carbocycles. The maximum Gasteiger partial charge on any atom is 0.316 e. The van der Waals surface area contributed by atoms with Gasteiger partial charge < -0.3 is 44.1 Å². The summed E-state index contributed by atoms with van der Waals surface area (Å²) in [5.74, 6) is 1.09. The summed E-state index contributed by atoms with van der Waals surface area (Å²) >= 11 is 0. The lowest BCUT2D eigenvalue weighted by atomic mass is 9.73. The third kappa shape index (κ3) is 8.99. The molecule has 0 bridgehead atoms. The summed E-state index contributed by atoms with van der Waals surface area (Å²) in [5.41, 5.74) is -0.372. The average Bonchev–Trinajstić information content (AvgIpc) is 3.82. The molecule has 0 aliphatic carbocycles. The van der Waals surface area contributed by atoms with Crippen LogP contribution in [0.4, 0.5) is 4.79 Å². The third-order valence-corrected chi connectivity index (χ3v) is 12.7. The van der Waals surface area contributed by atoms with E-state index in [1.165, 1.54) is 6.92 Å². The van der Waals surface area contributed by atoms with Crippen molar-refractivity contribution in [2.75, 3.05) is 20.7 Å². The van der Waals surface area contributed by atoms with E-state index in [-0.39, 0.29) is 36.7 Å². The molecule has 13 atom stereocenters. The van der Waals surface area contributed by atoms with Gasteiger partial charge in [0.15, 0.2) is 12.1 Å². The first-order chi connectivity index (χ1) is 28.4. The molecular weight excluding hydrogens is 771 g/mol. The van der Waals surface area contributed by atoms with E-state index in [2.05, 4.69) is 32.6 Å². The number of hydrogen-bond donors (Lipinski definition) is 3. The highest BCUT2D eigenvalue weighted by Crippen LogP contribution is 2.39. The maximum atomic E-state index is 14.5. The summed E-state index contributed by atoms with van der Waals surface area (Å²) in [7, 11) is 3.72. The second-order valence-corrected chi connectivity index (χ2v) is 17.4. The first kappa shape index (κ1) is 44.8. The van der Waals surface area contributed by atoms with Gasteiger partial charge in [0.25, 0.3) is 0 Å². The van der Waals surface area contributed by atoms with E-state index >= 15 is 0 Å². The van der Waals surface area contributed by atoms with Crippen LogP contribution in [0.1, 0.15) is 80.4 Å². The number of ether oxygens (including phenoxy) is 4. The molecule has 0 spiro atoms. The fraction of sp³-hybridized carbons (Fsp3) is 0.600. The van der Waals surface area contributed by atoms with Crippen LogP contribution in [0.15, 0.2) is 47.1 Å². The Kier molecular flexibility index (Phi) is 13.5. The van der Waals surface area contributed by atoms with Crippen LogP contribution in [0.25, 0.3) is 22.2 Å². The number of nitrogens with zero attached hydrogens (tertiary/aromatic N) is 3. The summed E-state index contributed by atoms with van der Waals surface area (Å²) < 4.78 is 31.2. The van der Waals surface area contributed by atoms with E-state index in [4.69, 9.17) is 23.5 Å². The zero-order chi connectivity index (χ0) is 43.7. The van der Waals surface area contributed by atoms with E-state index in [1.54, 1.807) is 46.9 Å². The monoisotopic (exact) mass is 829 g/mol. The smallest absolute Gasteiger partial charge is 0.316 e. The van der Waals surface area contributed by atoms with Crippen molar-refractivity contribution < 1.29 is 47.8 Å². The molecule has 2 amide bonds. The molecule has 324 valence electrons. The van der Waals surface area contributed by atoms with Crippen molar-refractivity contribution in [3.8, 4) is 23.1 Å². The van der Waals surface area contributed by atoms with Crippen LogP contribution < -0.4 is 10.6 Å². The van der Waals surface area contributed by atoms with Crippen molar-refractivity contribution in [1.29, 1.82) is 0 Å². The van der Waals surface area contributed by atoms with Crippen LogP contribution in [0.5, 0.6) is 0 Å². The molecule has 3 saturated heterocycles. The van der Waals surface area contributed by atoms with Gasteiger partial charge >= 0.3 is 12.0 Å². The molecule has 0 radical (unpaired) electrons. The minimum atomic E-state index is -1.45. The first-order valence-corrected chi connectivity index (χ1v) is 20.8. The summed E-state index contributed by atoms with van der Waals surface area (Å²) in [6, 6.07) is 9.73. The molecule has 60 heavy (non-hydrogen) atoms. The van der Waals surface area contributed by atoms with E-state index in [9.17, 15) is 24.3 Å². The maximum absolute atomic E-state index is 14.5. The zero-order valence-electron chi connectivity index (χ0n) is 36.2. The predicted octanol–water partition coefficient (Wildman–Crippen LogP) is 4.68. The van der Waals surface area contributed by atoms with Gasteiger partial charge in [-0.3, -0.25) is 19.4 Å². The number of aromatic nitrogens is 2. The number of aliphatic hydroxyl groups is 1. The van der Waals surface area contributed by atoms with Gasteiger partial charge in [0.05, 0.1) is 34.9 Å². The lowest BCUT2D eigenvalue weighted by Crippen LogP contribution is -2.62. The Morgan fingerprint density at radius 3 is 2.47 bits per heavy atom. The Hall–Kier alpha value is -4.72. The number of benzene rings is 1. The standard InChI is InChI=1S/C45H59N5O10/c1-11-35-45(8)39(47-43(55)48-45)26(4)36(51)24(2)23-44(7,56-20-14-15-29-22-33(49-60-29)31-18-19-46-32-17-13-12-16-30(31)32)40(27(5)37(52)28(6)41(54)58-35)59-42-38(53)34(50(9)10)21-25(3)57-42/h12-13,16-19,22,24-28,34-35,38-40,42,53H,11,20-21,23H2,1-10H3,(H2,47,48,55)/t24-,25-,26+,27+,28-,34+,35-,38-,39-,40-,42+,44-,45-/m1/s1. The van der Waals surface area contributed by atoms with Gasteiger partial charge in [-0.2, -0.15) is 0 Å². The molecule has 3 N–H and O–H groups in total. The fourth-order valence-corrected chi connectivity index (χ4v) is 9.38. The van der Waals surface area contributed by atoms with Crippen molar-refractivity contribution in [3.63, 3.8) is 0 Å². The molecule has 3 aliphatic heterocycles. The summed E-state index contributed by atoms with van der Waals surface area (Å²) in [4.78, 5) is 62.1. The van der Waals surface area contributed by atoms with E-state index in [1.807, 2.05) is 63.2 Å². The second-order valence-electron chi connectivity index (χ2n) is 17.4. The van der Waals surface area contributed by atoms with Gasteiger partial charge in [0.2, 0.25) is 5.76 Å². The van der Waals surface area contributed by atoms with E-state index < -0.39 is 83.2 Å². The van der Waals surface area contributed by atoms with Crippen molar-refractivity contribution in [1.82, 2.24) is 25.7 Å². The number of nitrogens with one attached hydrogen (secondary N) is 2. The van der Waals surface area contributed by atoms with Crippen LogP contribution >= 0.6 is 0 Å². The van der Waals surface area contributed by atoms with Crippen LogP contribution in [0, 0.1) is 35.5 Å². The van der Waals surface area contributed by atoms with Gasteiger partial charge in [-0.05, 0) is 79.1 Å². The number of pyridine rings is 1. The van der Waals surface area contributed by atoms with Gasteiger partial charge in [-0.15, -0.1) is 0 Å². The molecule has 15 heteroatoms. The van der Waals surface area contributed by atoms with Gasteiger partial charge in [0.1, 0.15) is 36.2 Å². The molecule has 3 fully saturated rings. The van der Waals surface area contributed by atoms with Crippen molar-refractivity contribution in [2.45, 2.75) is 129 Å². The number of para-hydroxylation sites is 1. The minimum Gasteiger partial charge on any atom is -0.459 e. The molecule has 3 aliphatic rings. The molecule has 15 nitrogen and oxygen atoms in total. The number of urea groups is 1. The predicted molar refractivity (Wildman–Crippen MR) is 221 cm³/mol. The largest absolute Gasteiger partial charge is 0.459 e. The number of amides is 2. The Morgan fingerprint density at radius 2 is 1.75 bits per heavy atom. The van der Waals surface area contributed by atoms with Crippen molar-refractivity contribution in [3.05, 3.63) is 48.4 Å². The van der Waals surface area contributed by atoms with Gasteiger partial charge in [-0.1, -0.05) is 57.0 Å². The van der Waals surface area contributed by atoms with Crippen molar-refractivity contribution in [2.24, 2.45) is 23.7 Å². The SMILES string of the molecule is CC[C@H]1OC(=O)[C@H](C)C(=O)[C@H](C)[C@@H](O[C@@H]2O[C@H](C)C[C@H](N(C)C)[C@H]2O)[C@](C)(OCC#Cc2cc(-c3ccnc4ccccc34)no2)C[C@@H](C)C(=O)[C@H](C)[C@H]2NC(=O)N[C@@]21C. The average molecular weight is 830 g/mol. The Labute approximate surface area is 351 Å². The molecule has 3 aromatic rings. The molecule has 2 aromatic heterocycles. The number of Topliss-reactive ketones (excluding diaryl/α,β-unsaturated/α-hetero) is 2. The quantitative estimate of drug-likeness (QED) is 0.169. The Bertz CT molecular complexity index is 2130. The number of carbonyl (C=O) groups excluding carboxylic acids is 4. The lowest BCUT2D eigenvalue weighted by molar-refractivity contribution is -0.296. The van der Waals surface area contributed by atoms with E-state index in [0.717, 1.165) is 16.5 Å². The molecular formula is C45H59N5O10. The molecule has 6 rings (SSSR count). The Morgan fingerprint density at radius 1 is 1.02 bits per heavy atom. The number of aliphatic hydroxyl groups excluding tert-OH is 1. The number of likely N-dealkylation sites (N-methyl/N-ethyl adjacent to an activating group) is 1. The fourth-order valence-electron chi connectivity index (χ4n) is 9.38. The number of ketones is 2. The highest BCUT2D eigenvalue weighted by molar-refractivity contribution is 6.00. The third-order valence-electron chi connectivity index (χ3n) is 12.7. The summed E-state index contributed by atoms with van der Waals surface area (Å²) in [6.45, 7) is 13.6. The Balaban J connectivity index is 1.37. The van der Waals surface area contributed by atoms with Crippen LogP contribution in [-0.2, 0) is 33.3 Å². The number of cyclic esters (lactones) is 1. The van der Waals surface area contributed by atoms with Gasteiger partial charge in [0, 0.05) is 47.0 Å². The summed E-state index contributed by atoms with van der Waals surface area (Å²) in [6.07, 6.45) is -2.04. The number of rotatable bonds is 7. The van der Waals surface area contributed by atoms with Crippen LogP contribution in [0.2, 0.25) is 0 Å². The number of hydrogen-bond acceptors (Lipinski definition) is 13. The molecule has 5 heterocycles. The normalized spacial score (nSPS) is 35.5. The minimum absolute atomic E-state index is 0.0397. The second kappa shape index (κ2) is 18.1. The van der Waals surface area contributed by atoms with E-state index in [0.29, 0.717) is 18.5 Å². The number of carbonyl (C=O) groups is 4. The van der Waals surface area contributed by atoms with Gasteiger partial charge in [-0.25, -0.2) is 4.79 Å². The topological polar surface area (TPSA) is 192 Å². The first-order valence-electron chi connectivity index (χ1n) is 20.8. The molecule has 0 saturated carbocycles. The van der Waals surface area contributed by atoms with Crippen LogP contribution in [-0.4, -0.2) is 118 Å². The zero-order valence-corrected chi connectivity index (χ0v) is 36.2. The van der Waals surface area contributed by atoms with Crippen LogP contribution in [0.3, 0.4) is 0 Å². The number of esters is 1. The van der Waals surface area contributed by atoms with Crippen molar-refractivity contribution >= 4 is 34.5 Å².